The summed E-state index contributed by atoms with van der Waals surface area (Å²) in [5, 5.41) is 6.80. The minimum Gasteiger partial charge on any atom is -0.330 e. The van der Waals surface area contributed by atoms with Gasteiger partial charge in [-0.05, 0) is 44.7 Å². The fraction of sp³-hybridized carbons (Fsp3) is 0.786. The van der Waals surface area contributed by atoms with E-state index in [1.807, 2.05) is 0 Å². The fourth-order valence-electron chi connectivity index (χ4n) is 2.92. The van der Waals surface area contributed by atoms with Crippen LogP contribution in [-0.2, 0) is 6.54 Å². The van der Waals surface area contributed by atoms with Crippen molar-refractivity contribution in [3.63, 3.8) is 0 Å². The van der Waals surface area contributed by atoms with Crippen molar-refractivity contribution in [2.75, 3.05) is 13.1 Å². The van der Waals surface area contributed by atoms with Gasteiger partial charge in [-0.2, -0.15) is 0 Å². The summed E-state index contributed by atoms with van der Waals surface area (Å²) in [6, 6.07) is 0. The van der Waals surface area contributed by atoms with Gasteiger partial charge in [0, 0.05) is 11.9 Å². The molecule has 0 amide bonds. The Balaban J connectivity index is 1.70. The lowest BCUT2D eigenvalue weighted by Gasteiger charge is -2.36. The molecule has 1 saturated carbocycles. The summed E-state index contributed by atoms with van der Waals surface area (Å²) in [7, 11) is 0. The molecule has 2 rings (SSSR count). The normalized spacial score (nSPS) is 19.0. The molecule has 0 unspecified atom stereocenters. The highest BCUT2D eigenvalue weighted by molar-refractivity contribution is 7.09. The number of nitrogens with zero attached hydrogens (tertiary/aromatic N) is 1. The summed E-state index contributed by atoms with van der Waals surface area (Å²) in [6.45, 7) is 4.86. The summed E-state index contributed by atoms with van der Waals surface area (Å²) in [5.41, 5.74) is 7.59. The zero-order valence-electron chi connectivity index (χ0n) is 11.4. The van der Waals surface area contributed by atoms with Gasteiger partial charge in [0.2, 0.25) is 0 Å². The van der Waals surface area contributed by atoms with Gasteiger partial charge in [-0.25, -0.2) is 4.98 Å². The molecule has 0 spiro atoms. The molecule has 3 nitrogen and oxygen atoms in total. The number of aryl methyl sites for hydroxylation is 1. The topological polar surface area (TPSA) is 50.9 Å². The van der Waals surface area contributed by atoms with Crippen molar-refractivity contribution >= 4 is 11.3 Å². The molecule has 1 heterocycles. The summed E-state index contributed by atoms with van der Waals surface area (Å²) >= 11 is 1.72. The highest BCUT2D eigenvalue weighted by Crippen LogP contribution is 2.37. The SMILES string of the molecule is Cc1nc(CNCCC2(CN)CCCCC2)cs1. The molecule has 0 radical (unpaired) electrons. The maximum atomic E-state index is 6.00. The predicted octanol–water partition coefficient (Wildman–Crippen LogP) is 2.84. The quantitative estimate of drug-likeness (QED) is 0.779. The van der Waals surface area contributed by atoms with Gasteiger partial charge in [-0.15, -0.1) is 11.3 Å². The minimum absolute atomic E-state index is 0.420. The van der Waals surface area contributed by atoms with Crippen molar-refractivity contribution < 1.29 is 0 Å². The average Bonchev–Trinajstić information content (AvgIpc) is 2.82. The van der Waals surface area contributed by atoms with Crippen LogP contribution in [0.4, 0.5) is 0 Å². The van der Waals surface area contributed by atoms with E-state index in [4.69, 9.17) is 5.73 Å². The number of aromatic nitrogens is 1. The maximum absolute atomic E-state index is 6.00. The second kappa shape index (κ2) is 6.64. The molecule has 1 aromatic rings. The number of hydrogen-bond acceptors (Lipinski definition) is 4. The monoisotopic (exact) mass is 267 g/mol. The van der Waals surface area contributed by atoms with Crippen LogP contribution in [0.5, 0.6) is 0 Å². The third-order valence-corrected chi connectivity index (χ3v) is 4.97. The second-order valence-electron chi connectivity index (χ2n) is 5.55. The van der Waals surface area contributed by atoms with Crippen LogP contribution in [0.15, 0.2) is 5.38 Å². The summed E-state index contributed by atoms with van der Waals surface area (Å²) < 4.78 is 0. The first-order valence-electron chi connectivity index (χ1n) is 7.06. The van der Waals surface area contributed by atoms with Crippen LogP contribution in [-0.4, -0.2) is 18.1 Å². The molecule has 1 aliphatic rings. The third-order valence-electron chi connectivity index (χ3n) is 4.15. The van der Waals surface area contributed by atoms with Crippen LogP contribution < -0.4 is 11.1 Å². The molecule has 0 bridgehead atoms. The van der Waals surface area contributed by atoms with Gasteiger partial charge in [0.15, 0.2) is 0 Å². The summed E-state index contributed by atoms with van der Waals surface area (Å²) in [6.07, 6.45) is 7.98. The fourth-order valence-corrected chi connectivity index (χ4v) is 3.53. The first-order valence-corrected chi connectivity index (χ1v) is 7.94. The molecule has 0 saturated heterocycles. The Morgan fingerprint density at radius 2 is 2.17 bits per heavy atom. The smallest absolute Gasteiger partial charge is 0.0897 e. The highest BCUT2D eigenvalue weighted by atomic mass is 32.1. The van der Waals surface area contributed by atoms with E-state index in [-0.39, 0.29) is 0 Å². The van der Waals surface area contributed by atoms with Gasteiger partial charge in [0.1, 0.15) is 0 Å². The van der Waals surface area contributed by atoms with E-state index in [0.717, 1.165) is 24.6 Å². The van der Waals surface area contributed by atoms with E-state index in [1.54, 1.807) is 11.3 Å². The standard InChI is InChI=1S/C14H25N3S/c1-12-17-13(10-18-12)9-16-8-7-14(11-15)5-3-2-4-6-14/h10,16H,2-9,11,15H2,1H3. The van der Waals surface area contributed by atoms with Crippen molar-refractivity contribution in [2.45, 2.75) is 52.0 Å². The van der Waals surface area contributed by atoms with Gasteiger partial charge >= 0.3 is 0 Å². The van der Waals surface area contributed by atoms with Crippen LogP contribution in [0.2, 0.25) is 0 Å². The van der Waals surface area contributed by atoms with Gasteiger partial charge in [-0.3, -0.25) is 0 Å². The summed E-state index contributed by atoms with van der Waals surface area (Å²) in [4.78, 5) is 4.46. The maximum Gasteiger partial charge on any atom is 0.0897 e. The lowest BCUT2D eigenvalue weighted by molar-refractivity contribution is 0.181. The average molecular weight is 267 g/mol. The Kier molecular flexibility index (Phi) is 5.15. The van der Waals surface area contributed by atoms with E-state index >= 15 is 0 Å². The molecular formula is C14H25N3S. The number of nitrogens with one attached hydrogen (secondary N) is 1. The van der Waals surface area contributed by atoms with E-state index < -0.39 is 0 Å². The second-order valence-corrected chi connectivity index (χ2v) is 6.61. The van der Waals surface area contributed by atoms with E-state index in [0.29, 0.717) is 5.41 Å². The van der Waals surface area contributed by atoms with Crippen LogP contribution in [0.25, 0.3) is 0 Å². The van der Waals surface area contributed by atoms with Crippen molar-refractivity contribution in [3.8, 4) is 0 Å². The Bertz CT molecular complexity index is 356. The van der Waals surface area contributed by atoms with Gasteiger partial charge in [0.25, 0.3) is 0 Å². The molecule has 102 valence electrons. The molecule has 1 fully saturated rings. The van der Waals surface area contributed by atoms with Gasteiger partial charge < -0.3 is 11.1 Å². The van der Waals surface area contributed by atoms with Crippen LogP contribution in [0, 0.1) is 12.3 Å². The van der Waals surface area contributed by atoms with Crippen LogP contribution in [0.1, 0.15) is 49.2 Å². The molecule has 0 aliphatic heterocycles. The number of nitrogens with two attached hydrogens (primary N) is 1. The Labute approximate surface area is 114 Å². The molecule has 4 heteroatoms. The van der Waals surface area contributed by atoms with E-state index in [9.17, 15) is 0 Å². The number of rotatable bonds is 6. The van der Waals surface area contributed by atoms with Crippen molar-refractivity contribution in [1.82, 2.24) is 10.3 Å². The molecule has 18 heavy (non-hydrogen) atoms. The lowest BCUT2D eigenvalue weighted by atomic mass is 9.72. The largest absolute Gasteiger partial charge is 0.330 e. The Morgan fingerprint density at radius 1 is 1.39 bits per heavy atom. The van der Waals surface area contributed by atoms with Crippen molar-refractivity contribution in [1.29, 1.82) is 0 Å². The minimum atomic E-state index is 0.420. The van der Waals surface area contributed by atoms with E-state index in [1.165, 1.54) is 44.2 Å². The first-order chi connectivity index (χ1) is 8.74. The predicted molar refractivity (Wildman–Crippen MR) is 77.7 cm³/mol. The molecule has 0 aromatic carbocycles. The zero-order valence-corrected chi connectivity index (χ0v) is 12.2. The number of hydrogen-bond donors (Lipinski definition) is 2. The summed E-state index contributed by atoms with van der Waals surface area (Å²) in [5.74, 6) is 0. The Morgan fingerprint density at radius 3 is 2.78 bits per heavy atom. The zero-order chi connectivity index (χ0) is 12.8. The van der Waals surface area contributed by atoms with Crippen LogP contribution in [0.3, 0.4) is 0 Å². The highest BCUT2D eigenvalue weighted by Gasteiger charge is 2.29. The third kappa shape index (κ3) is 3.77. The molecule has 1 aliphatic carbocycles. The lowest BCUT2D eigenvalue weighted by Crippen LogP contribution is -2.35. The van der Waals surface area contributed by atoms with Crippen molar-refractivity contribution in [3.05, 3.63) is 16.1 Å². The Hall–Kier alpha value is -0.450. The van der Waals surface area contributed by atoms with Crippen LogP contribution >= 0.6 is 11.3 Å². The van der Waals surface area contributed by atoms with E-state index in [2.05, 4.69) is 22.6 Å². The van der Waals surface area contributed by atoms with Gasteiger partial charge in [-0.1, -0.05) is 19.3 Å². The first kappa shape index (κ1) is 14.0. The molecule has 0 atom stereocenters. The molecule has 1 aromatic heterocycles. The van der Waals surface area contributed by atoms with Gasteiger partial charge in [0.05, 0.1) is 10.7 Å². The van der Waals surface area contributed by atoms with Crippen molar-refractivity contribution in [2.24, 2.45) is 11.1 Å². The number of thiazole rings is 1. The molecule has 3 N–H and O–H groups in total. The molecular weight excluding hydrogens is 242 g/mol.